The zero-order valence-electron chi connectivity index (χ0n) is 14.6. The molecule has 3 N–H and O–H groups in total. The number of carbonyl (C=O) groups excluding carboxylic acids is 2. The predicted molar refractivity (Wildman–Crippen MR) is 107 cm³/mol. The average molecular weight is 387 g/mol. The van der Waals surface area contributed by atoms with Gasteiger partial charge in [0, 0.05) is 16.1 Å². The standard InChI is InChI=1S/C18H18N4O2S2/c1-9-11(3)26-17-15(9)16(19)21-18(22-17)25-8-14(24)20-13-6-4-12(5-7-13)10(2)23/h4-7H,8H2,1-3H3,(H,20,24)(H2,19,21,22). The molecule has 2 heterocycles. The number of nitrogens with one attached hydrogen (secondary N) is 1. The van der Waals surface area contributed by atoms with Crippen LogP contribution >= 0.6 is 23.1 Å². The highest BCUT2D eigenvalue weighted by Gasteiger charge is 2.14. The fraction of sp³-hybridized carbons (Fsp3) is 0.222. The van der Waals surface area contributed by atoms with Crippen molar-refractivity contribution >= 4 is 56.5 Å². The number of Topliss-reactive ketones (excluding diaryl/α,β-unsaturated/α-hetero) is 1. The molecule has 0 radical (unpaired) electrons. The van der Waals surface area contributed by atoms with Crippen LogP contribution in [0.25, 0.3) is 10.2 Å². The van der Waals surface area contributed by atoms with Crippen LogP contribution in [0.3, 0.4) is 0 Å². The van der Waals surface area contributed by atoms with Gasteiger partial charge in [0.15, 0.2) is 10.9 Å². The summed E-state index contributed by atoms with van der Waals surface area (Å²) in [5.41, 5.74) is 8.40. The molecule has 0 saturated heterocycles. The number of amides is 1. The predicted octanol–water partition coefficient (Wildman–Crippen LogP) is 3.82. The first kappa shape index (κ1) is 18.3. The summed E-state index contributed by atoms with van der Waals surface area (Å²) in [6.45, 7) is 5.54. The summed E-state index contributed by atoms with van der Waals surface area (Å²) in [5, 5.41) is 4.17. The number of carbonyl (C=O) groups is 2. The molecule has 1 aromatic carbocycles. The number of hydrogen-bond donors (Lipinski definition) is 2. The first-order valence-corrected chi connectivity index (χ1v) is 9.72. The van der Waals surface area contributed by atoms with E-state index in [1.807, 2.05) is 13.8 Å². The van der Waals surface area contributed by atoms with Crippen molar-refractivity contribution in [3.8, 4) is 0 Å². The molecule has 0 saturated carbocycles. The van der Waals surface area contributed by atoms with Crippen LogP contribution in [0.15, 0.2) is 29.4 Å². The van der Waals surface area contributed by atoms with Crippen molar-refractivity contribution in [2.75, 3.05) is 16.8 Å². The molecule has 0 spiro atoms. The van der Waals surface area contributed by atoms with Gasteiger partial charge in [-0.05, 0) is 50.6 Å². The molecule has 1 amide bonds. The number of ketones is 1. The fourth-order valence-electron chi connectivity index (χ4n) is 2.44. The molecule has 6 nitrogen and oxygen atoms in total. The minimum atomic E-state index is -0.175. The number of nitrogens with zero attached hydrogens (tertiary/aromatic N) is 2. The third-order valence-electron chi connectivity index (χ3n) is 3.94. The van der Waals surface area contributed by atoms with E-state index < -0.39 is 0 Å². The second-order valence-corrected chi connectivity index (χ2v) is 7.97. The molecule has 0 aliphatic carbocycles. The van der Waals surface area contributed by atoms with Gasteiger partial charge in [0.2, 0.25) is 5.91 Å². The normalized spacial score (nSPS) is 10.9. The highest BCUT2D eigenvalue weighted by atomic mass is 32.2. The van der Waals surface area contributed by atoms with Gasteiger partial charge < -0.3 is 11.1 Å². The third-order valence-corrected chi connectivity index (χ3v) is 5.89. The SMILES string of the molecule is CC(=O)c1ccc(NC(=O)CSc2nc(N)c3c(C)c(C)sc3n2)cc1. The monoisotopic (exact) mass is 386 g/mol. The zero-order chi connectivity index (χ0) is 18.8. The third kappa shape index (κ3) is 3.86. The Hall–Kier alpha value is -2.45. The van der Waals surface area contributed by atoms with Crippen molar-refractivity contribution in [2.45, 2.75) is 25.9 Å². The van der Waals surface area contributed by atoms with E-state index in [4.69, 9.17) is 5.73 Å². The highest BCUT2D eigenvalue weighted by molar-refractivity contribution is 7.99. The molecule has 3 rings (SSSR count). The van der Waals surface area contributed by atoms with E-state index in [-0.39, 0.29) is 17.4 Å². The number of thioether (sulfide) groups is 1. The quantitative estimate of drug-likeness (QED) is 0.393. The van der Waals surface area contributed by atoms with Crippen molar-refractivity contribution in [1.82, 2.24) is 9.97 Å². The summed E-state index contributed by atoms with van der Waals surface area (Å²) < 4.78 is 0. The summed E-state index contributed by atoms with van der Waals surface area (Å²) in [6.07, 6.45) is 0. The van der Waals surface area contributed by atoms with Gasteiger partial charge in [0.1, 0.15) is 10.6 Å². The summed E-state index contributed by atoms with van der Waals surface area (Å²) in [7, 11) is 0. The van der Waals surface area contributed by atoms with Crippen molar-refractivity contribution in [1.29, 1.82) is 0 Å². The maximum atomic E-state index is 12.1. The van der Waals surface area contributed by atoms with Crippen molar-refractivity contribution in [3.63, 3.8) is 0 Å². The lowest BCUT2D eigenvalue weighted by Crippen LogP contribution is -2.14. The maximum Gasteiger partial charge on any atom is 0.234 e. The van der Waals surface area contributed by atoms with E-state index in [1.54, 1.807) is 35.6 Å². The molecule has 0 atom stereocenters. The molecule has 0 aliphatic rings. The number of aryl methyl sites for hydroxylation is 2. The van der Waals surface area contributed by atoms with E-state index >= 15 is 0 Å². The number of aromatic nitrogens is 2. The molecule has 134 valence electrons. The second-order valence-electron chi connectivity index (χ2n) is 5.83. The van der Waals surface area contributed by atoms with Gasteiger partial charge in [-0.15, -0.1) is 11.3 Å². The van der Waals surface area contributed by atoms with Crippen LogP contribution in [0.5, 0.6) is 0 Å². The molecule has 26 heavy (non-hydrogen) atoms. The van der Waals surface area contributed by atoms with Gasteiger partial charge in [-0.2, -0.15) is 0 Å². The Kier molecular flexibility index (Phi) is 5.24. The minimum Gasteiger partial charge on any atom is -0.383 e. The number of nitrogens with two attached hydrogens (primary N) is 1. The number of nitrogen functional groups attached to an aromatic ring is 1. The van der Waals surface area contributed by atoms with Crippen molar-refractivity contribution < 1.29 is 9.59 Å². The average Bonchev–Trinajstić information content (AvgIpc) is 2.88. The van der Waals surface area contributed by atoms with Gasteiger partial charge in [0.05, 0.1) is 11.1 Å². The molecule has 3 aromatic rings. The van der Waals surface area contributed by atoms with Gasteiger partial charge in [0.25, 0.3) is 0 Å². The Balaban J connectivity index is 1.66. The van der Waals surface area contributed by atoms with Crippen molar-refractivity contribution in [2.24, 2.45) is 0 Å². The van der Waals surface area contributed by atoms with Crippen LogP contribution in [0.2, 0.25) is 0 Å². The molecular weight excluding hydrogens is 368 g/mol. The molecular formula is C18H18N4O2S2. The molecule has 0 fully saturated rings. The highest BCUT2D eigenvalue weighted by Crippen LogP contribution is 2.33. The van der Waals surface area contributed by atoms with E-state index in [0.29, 0.717) is 22.2 Å². The fourth-order valence-corrected chi connectivity index (χ4v) is 4.19. The Bertz CT molecular complexity index is 997. The van der Waals surface area contributed by atoms with E-state index in [1.165, 1.54) is 18.7 Å². The van der Waals surface area contributed by atoms with E-state index in [9.17, 15) is 9.59 Å². The maximum absolute atomic E-state index is 12.1. The molecule has 0 aliphatic heterocycles. The van der Waals surface area contributed by atoms with Gasteiger partial charge in [-0.25, -0.2) is 9.97 Å². The lowest BCUT2D eigenvalue weighted by molar-refractivity contribution is -0.113. The summed E-state index contributed by atoms with van der Waals surface area (Å²) >= 11 is 2.81. The number of hydrogen-bond acceptors (Lipinski definition) is 7. The van der Waals surface area contributed by atoms with Gasteiger partial charge in [-0.3, -0.25) is 9.59 Å². The lowest BCUT2D eigenvalue weighted by atomic mass is 10.1. The zero-order valence-corrected chi connectivity index (χ0v) is 16.3. The van der Waals surface area contributed by atoms with Crippen LogP contribution in [0.1, 0.15) is 27.7 Å². The van der Waals surface area contributed by atoms with Gasteiger partial charge >= 0.3 is 0 Å². The molecule has 8 heteroatoms. The topological polar surface area (TPSA) is 98.0 Å². The smallest absolute Gasteiger partial charge is 0.234 e. The largest absolute Gasteiger partial charge is 0.383 e. The summed E-state index contributed by atoms with van der Waals surface area (Å²) in [5.74, 6) is 0.427. The van der Waals surface area contributed by atoms with E-state index in [0.717, 1.165) is 20.7 Å². The van der Waals surface area contributed by atoms with Crippen molar-refractivity contribution in [3.05, 3.63) is 40.3 Å². The number of thiophene rings is 1. The first-order valence-electron chi connectivity index (χ1n) is 7.92. The van der Waals surface area contributed by atoms with Crippen LogP contribution in [0, 0.1) is 13.8 Å². The Morgan fingerprint density at radius 2 is 1.88 bits per heavy atom. The first-order chi connectivity index (χ1) is 12.3. The molecule has 0 bridgehead atoms. The number of anilines is 2. The Morgan fingerprint density at radius 1 is 1.19 bits per heavy atom. The van der Waals surface area contributed by atoms with Gasteiger partial charge in [-0.1, -0.05) is 11.8 Å². The van der Waals surface area contributed by atoms with Crippen LogP contribution in [-0.2, 0) is 4.79 Å². The molecule has 0 unspecified atom stereocenters. The summed E-state index contributed by atoms with van der Waals surface area (Å²) in [4.78, 5) is 34.2. The Morgan fingerprint density at radius 3 is 2.54 bits per heavy atom. The number of benzene rings is 1. The van der Waals surface area contributed by atoms with Crippen LogP contribution < -0.4 is 11.1 Å². The number of fused-ring (bicyclic) bond motifs is 1. The van der Waals surface area contributed by atoms with Crippen LogP contribution in [0.4, 0.5) is 11.5 Å². The minimum absolute atomic E-state index is 0.0115. The molecule has 2 aromatic heterocycles. The number of rotatable bonds is 5. The van der Waals surface area contributed by atoms with E-state index in [2.05, 4.69) is 15.3 Å². The Labute approximate surface area is 159 Å². The second kappa shape index (κ2) is 7.43. The summed E-state index contributed by atoms with van der Waals surface area (Å²) in [6, 6.07) is 6.78. The lowest BCUT2D eigenvalue weighted by Gasteiger charge is -2.06. The van der Waals surface area contributed by atoms with Crippen LogP contribution in [-0.4, -0.2) is 27.4 Å².